The van der Waals surface area contributed by atoms with Gasteiger partial charge < -0.3 is 9.64 Å². The van der Waals surface area contributed by atoms with E-state index in [9.17, 15) is 13.2 Å². The Kier molecular flexibility index (Phi) is 5.10. The van der Waals surface area contributed by atoms with Gasteiger partial charge in [-0.3, -0.25) is 0 Å². The van der Waals surface area contributed by atoms with Crippen molar-refractivity contribution in [3.8, 4) is 0 Å². The molecular weight excluding hydrogens is 444 g/mol. The van der Waals surface area contributed by atoms with Crippen molar-refractivity contribution in [2.45, 2.75) is 37.7 Å². The van der Waals surface area contributed by atoms with Crippen LogP contribution in [-0.4, -0.2) is 55.5 Å². The number of rotatable bonds is 2. The highest BCUT2D eigenvalue weighted by Crippen LogP contribution is 2.43. The quantitative estimate of drug-likeness (QED) is 0.667. The maximum Gasteiger partial charge on any atom is 0.410 e. The average Bonchev–Trinajstić information content (AvgIpc) is 2.89. The van der Waals surface area contributed by atoms with Crippen LogP contribution >= 0.6 is 27.5 Å². The summed E-state index contributed by atoms with van der Waals surface area (Å²) in [6.45, 7) is 7.37. The first kappa shape index (κ1) is 19.9. The molecule has 9 heteroatoms. The normalized spacial score (nSPS) is 20.3. The second-order valence-electron chi connectivity index (χ2n) is 8.00. The Morgan fingerprint density at radius 3 is 2.50 bits per heavy atom. The highest BCUT2D eigenvalue weighted by atomic mass is 79.9. The summed E-state index contributed by atoms with van der Waals surface area (Å²) >= 11 is 9.39. The van der Waals surface area contributed by atoms with Gasteiger partial charge in [-0.15, -0.1) is 0 Å². The van der Waals surface area contributed by atoms with Crippen LogP contribution in [-0.2, 0) is 14.8 Å². The van der Waals surface area contributed by atoms with Crippen LogP contribution in [0.25, 0.3) is 0 Å². The molecule has 2 aliphatic rings. The molecule has 1 amide bonds. The predicted octanol–water partition coefficient (Wildman–Crippen LogP) is 3.73. The number of benzene rings is 1. The number of halogens is 2. The Labute approximate surface area is 167 Å². The minimum absolute atomic E-state index is 0.110. The summed E-state index contributed by atoms with van der Waals surface area (Å²) < 4.78 is 33.2. The molecular formula is C17H22BrClN2O4S. The van der Waals surface area contributed by atoms with Gasteiger partial charge >= 0.3 is 6.09 Å². The van der Waals surface area contributed by atoms with Crippen molar-refractivity contribution < 1.29 is 17.9 Å². The van der Waals surface area contributed by atoms with E-state index in [1.54, 1.807) is 17.0 Å². The van der Waals surface area contributed by atoms with Crippen molar-refractivity contribution in [2.24, 2.45) is 5.41 Å². The first-order valence-electron chi connectivity index (χ1n) is 8.35. The molecule has 2 saturated heterocycles. The fourth-order valence-electron chi connectivity index (χ4n) is 3.37. The van der Waals surface area contributed by atoms with Gasteiger partial charge in [0.2, 0.25) is 10.0 Å². The summed E-state index contributed by atoms with van der Waals surface area (Å²) in [7, 11) is -3.63. The summed E-state index contributed by atoms with van der Waals surface area (Å²) in [5, 5.41) is 0.196. The number of likely N-dealkylation sites (tertiary alicyclic amines) is 1. The van der Waals surface area contributed by atoms with Crippen molar-refractivity contribution in [1.29, 1.82) is 0 Å². The molecule has 6 nitrogen and oxygen atoms in total. The van der Waals surface area contributed by atoms with E-state index in [-0.39, 0.29) is 21.4 Å². The lowest BCUT2D eigenvalue weighted by atomic mass is 9.81. The van der Waals surface area contributed by atoms with Gasteiger partial charge in [0.05, 0.1) is 5.02 Å². The largest absolute Gasteiger partial charge is 0.444 e. The highest BCUT2D eigenvalue weighted by Gasteiger charge is 2.53. The third-order valence-corrected chi connectivity index (χ3v) is 7.39. The number of amides is 1. The van der Waals surface area contributed by atoms with E-state index in [1.807, 2.05) is 20.8 Å². The zero-order valence-electron chi connectivity index (χ0n) is 15.0. The van der Waals surface area contributed by atoms with Crippen LogP contribution in [0.4, 0.5) is 4.79 Å². The van der Waals surface area contributed by atoms with Gasteiger partial charge in [0.1, 0.15) is 10.5 Å². The Balaban J connectivity index is 1.66. The molecule has 26 heavy (non-hydrogen) atoms. The molecule has 3 rings (SSSR count). The SMILES string of the molecule is CC(C)(C)OC(=O)N1CCC2(C1)CN(S(=O)(=O)c1ccc(Br)cc1Cl)C2. The van der Waals surface area contributed by atoms with Gasteiger partial charge in [-0.2, -0.15) is 4.31 Å². The second kappa shape index (κ2) is 6.65. The molecule has 0 bridgehead atoms. The van der Waals surface area contributed by atoms with Crippen molar-refractivity contribution >= 4 is 43.6 Å². The van der Waals surface area contributed by atoms with Crippen molar-refractivity contribution in [3.63, 3.8) is 0 Å². The van der Waals surface area contributed by atoms with E-state index in [2.05, 4.69) is 15.9 Å². The Morgan fingerprint density at radius 1 is 1.27 bits per heavy atom. The summed E-state index contributed by atoms with van der Waals surface area (Å²) in [5.41, 5.74) is -0.730. The lowest BCUT2D eigenvalue weighted by Gasteiger charge is -2.46. The van der Waals surface area contributed by atoms with E-state index in [1.165, 1.54) is 10.4 Å². The third kappa shape index (κ3) is 3.88. The van der Waals surface area contributed by atoms with Crippen molar-refractivity contribution in [1.82, 2.24) is 9.21 Å². The standard InChI is InChI=1S/C17H22BrClN2O4S/c1-16(2,3)25-15(22)20-7-6-17(9-20)10-21(11-17)26(23,24)14-5-4-12(18)8-13(14)19/h4-5,8H,6-7,9-11H2,1-3H3. The molecule has 0 unspecified atom stereocenters. The summed E-state index contributed by atoms with van der Waals surface area (Å²) in [6.07, 6.45) is 0.429. The van der Waals surface area contributed by atoms with Crippen LogP contribution in [0.2, 0.25) is 5.02 Å². The molecule has 0 aromatic heterocycles. The van der Waals surface area contributed by atoms with Crippen molar-refractivity contribution in [3.05, 3.63) is 27.7 Å². The van der Waals surface area contributed by atoms with E-state index in [0.29, 0.717) is 26.2 Å². The van der Waals surface area contributed by atoms with Gasteiger partial charge in [0.25, 0.3) is 0 Å². The maximum atomic E-state index is 12.8. The number of hydrogen-bond acceptors (Lipinski definition) is 4. The van der Waals surface area contributed by atoms with Crippen LogP contribution in [0.15, 0.2) is 27.6 Å². The van der Waals surface area contributed by atoms with E-state index < -0.39 is 15.6 Å². The van der Waals surface area contributed by atoms with Gasteiger partial charge in [-0.05, 0) is 45.4 Å². The number of carbonyl (C=O) groups is 1. The van der Waals surface area contributed by atoms with Crippen molar-refractivity contribution in [2.75, 3.05) is 26.2 Å². The number of carbonyl (C=O) groups excluding carboxylic acids is 1. The lowest BCUT2D eigenvalue weighted by Crippen LogP contribution is -2.59. The molecule has 0 atom stereocenters. The van der Waals surface area contributed by atoms with Gasteiger partial charge in [-0.25, -0.2) is 13.2 Å². The molecule has 0 N–H and O–H groups in total. The van der Waals surface area contributed by atoms with E-state index in [0.717, 1.165) is 10.9 Å². The van der Waals surface area contributed by atoms with Crippen LogP contribution in [0.5, 0.6) is 0 Å². The first-order chi connectivity index (χ1) is 11.9. The van der Waals surface area contributed by atoms with Gasteiger partial charge in [0.15, 0.2) is 0 Å². The minimum atomic E-state index is -3.63. The predicted molar refractivity (Wildman–Crippen MR) is 103 cm³/mol. The Hall–Kier alpha value is -0.830. The molecule has 0 aliphatic carbocycles. The summed E-state index contributed by atoms with van der Waals surface area (Å²) in [4.78, 5) is 14.0. The van der Waals surface area contributed by atoms with Crippen LogP contribution in [0.1, 0.15) is 27.2 Å². The van der Waals surface area contributed by atoms with Gasteiger partial charge in [0, 0.05) is 36.1 Å². The fourth-order valence-corrected chi connectivity index (χ4v) is 6.05. The molecule has 2 fully saturated rings. The Morgan fingerprint density at radius 2 is 1.92 bits per heavy atom. The molecule has 0 saturated carbocycles. The monoisotopic (exact) mass is 464 g/mol. The molecule has 2 heterocycles. The molecule has 144 valence electrons. The Bertz CT molecular complexity index is 832. The first-order valence-corrected chi connectivity index (χ1v) is 11.0. The number of hydrogen-bond donors (Lipinski definition) is 0. The van der Waals surface area contributed by atoms with E-state index in [4.69, 9.17) is 16.3 Å². The molecule has 1 aromatic rings. The number of ether oxygens (including phenoxy) is 1. The molecule has 1 aromatic carbocycles. The van der Waals surface area contributed by atoms with Crippen LogP contribution < -0.4 is 0 Å². The van der Waals surface area contributed by atoms with E-state index >= 15 is 0 Å². The average molecular weight is 466 g/mol. The highest BCUT2D eigenvalue weighted by molar-refractivity contribution is 9.10. The number of nitrogens with zero attached hydrogens (tertiary/aromatic N) is 2. The maximum absolute atomic E-state index is 12.8. The summed E-state index contributed by atoms with van der Waals surface area (Å²) in [6, 6.07) is 4.74. The minimum Gasteiger partial charge on any atom is -0.444 e. The smallest absolute Gasteiger partial charge is 0.410 e. The molecule has 1 spiro atoms. The zero-order valence-corrected chi connectivity index (χ0v) is 18.1. The zero-order chi connectivity index (χ0) is 19.3. The lowest BCUT2D eigenvalue weighted by molar-refractivity contribution is 0.0211. The topological polar surface area (TPSA) is 66.9 Å². The number of sulfonamides is 1. The second-order valence-corrected chi connectivity index (χ2v) is 11.2. The summed E-state index contributed by atoms with van der Waals surface area (Å²) in [5.74, 6) is 0. The molecule has 0 radical (unpaired) electrons. The van der Waals surface area contributed by atoms with Crippen LogP contribution in [0, 0.1) is 5.41 Å². The fraction of sp³-hybridized carbons (Fsp3) is 0.588. The third-order valence-electron chi connectivity index (χ3n) is 4.63. The van der Waals surface area contributed by atoms with Crippen LogP contribution in [0.3, 0.4) is 0 Å². The van der Waals surface area contributed by atoms with Gasteiger partial charge in [-0.1, -0.05) is 27.5 Å². The molecule has 2 aliphatic heterocycles.